The van der Waals surface area contributed by atoms with Gasteiger partial charge in [0.2, 0.25) is 5.91 Å². The van der Waals surface area contributed by atoms with Gasteiger partial charge in [-0.1, -0.05) is 12.1 Å². The van der Waals surface area contributed by atoms with Crippen molar-refractivity contribution in [3.63, 3.8) is 0 Å². The summed E-state index contributed by atoms with van der Waals surface area (Å²) < 4.78 is 40.0. The number of likely N-dealkylation sites (tertiary alicyclic amines) is 1. The summed E-state index contributed by atoms with van der Waals surface area (Å²) in [6, 6.07) is 5.46. The van der Waals surface area contributed by atoms with Crippen molar-refractivity contribution < 1.29 is 32.6 Å². The maximum Gasteiger partial charge on any atom is 0.573 e. The number of carbonyl (C=O) groups excluding carboxylic acids is 1. The zero-order valence-electron chi connectivity index (χ0n) is 14.3. The van der Waals surface area contributed by atoms with E-state index in [0.29, 0.717) is 32.5 Å². The van der Waals surface area contributed by atoms with Gasteiger partial charge in [-0.25, -0.2) is 0 Å². The number of benzene rings is 1. The Hall–Kier alpha value is -2.29. The molecule has 1 unspecified atom stereocenters. The molecular formula is C17H21F3N2O4. The van der Waals surface area contributed by atoms with Crippen LogP contribution in [0.4, 0.5) is 13.2 Å². The first-order valence-electron chi connectivity index (χ1n) is 8.14. The third-order valence-electron chi connectivity index (χ3n) is 4.33. The molecule has 0 saturated carbocycles. The fourth-order valence-electron chi connectivity index (χ4n) is 2.83. The molecule has 0 radical (unpaired) electrons. The highest BCUT2D eigenvalue weighted by atomic mass is 19.4. The lowest BCUT2D eigenvalue weighted by Crippen LogP contribution is -2.39. The summed E-state index contributed by atoms with van der Waals surface area (Å²) >= 11 is 0. The fraction of sp³-hybridized carbons (Fsp3) is 0.529. The Morgan fingerprint density at radius 3 is 2.50 bits per heavy atom. The minimum absolute atomic E-state index is 0.126. The van der Waals surface area contributed by atoms with Crippen LogP contribution < -0.4 is 10.1 Å². The van der Waals surface area contributed by atoms with Gasteiger partial charge in [0.25, 0.3) is 0 Å². The van der Waals surface area contributed by atoms with Crippen LogP contribution in [-0.4, -0.2) is 54.4 Å². The molecule has 9 heteroatoms. The van der Waals surface area contributed by atoms with Crippen LogP contribution in [0.25, 0.3) is 0 Å². The second-order valence-electron chi connectivity index (χ2n) is 6.62. The van der Waals surface area contributed by atoms with Crippen molar-refractivity contribution in [3.8, 4) is 5.75 Å². The van der Waals surface area contributed by atoms with Gasteiger partial charge in [-0.3, -0.25) is 14.5 Å². The van der Waals surface area contributed by atoms with Crippen LogP contribution in [0.15, 0.2) is 24.3 Å². The van der Waals surface area contributed by atoms with Gasteiger partial charge in [0.1, 0.15) is 5.75 Å². The molecule has 1 aliphatic rings. The first-order chi connectivity index (χ1) is 12.1. The lowest BCUT2D eigenvalue weighted by molar-refractivity contribution is -0.274. The maximum absolute atomic E-state index is 12.1. The number of rotatable bonds is 7. The molecule has 1 atom stereocenters. The Balaban J connectivity index is 1.71. The van der Waals surface area contributed by atoms with Gasteiger partial charge in [-0.15, -0.1) is 13.2 Å². The Morgan fingerprint density at radius 1 is 1.31 bits per heavy atom. The third-order valence-corrected chi connectivity index (χ3v) is 4.33. The van der Waals surface area contributed by atoms with E-state index in [2.05, 4.69) is 10.1 Å². The van der Waals surface area contributed by atoms with E-state index in [9.17, 15) is 27.9 Å². The summed E-state index contributed by atoms with van der Waals surface area (Å²) in [7, 11) is 0. The molecule has 0 aliphatic carbocycles. The predicted molar refractivity (Wildman–Crippen MR) is 86.6 cm³/mol. The average Bonchev–Trinajstić information content (AvgIpc) is 2.90. The van der Waals surface area contributed by atoms with Gasteiger partial charge >= 0.3 is 12.3 Å². The van der Waals surface area contributed by atoms with Gasteiger partial charge in [0, 0.05) is 13.1 Å². The van der Waals surface area contributed by atoms with E-state index >= 15 is 0 Å². The molecule has 0 spiro atoms. The van der Waals surface area contributed by atoms with Gasteiger partial charge in [0.15, 0.2) is 0 Å². The lowest BCUT2D eigenvalue weighted by atomic mass is 9.90. The van der Waals surface area contributed by atoms with Crippen molar-refractivity contribution in [1.82, 2.24) is 10.2 Å². The zero-order chi connectivity index (χ0) is 19.4. The highest BCUT2D eigenvalue weighted by molar-refractivity contribution is 5.79. The van der Waals surface area contributed by atoms with Crippen molar-refractivity contribution in [2.75, 3.05) is 26.2 Å². The van der Waals surface area contributed by atoms with E-state index in [0.717, 1.165) is 5.56 Å². The largest absolute Gasteiger partial charge is 0.573 e. The molecule has 0 bridgehead atoms. The molecule has 2 N–H and O–H groups in total. The highest BCUT2D eigenvalue weighted by Crippen LogP contribution is 2.29. The standard InChI is InChI=1S/C17H21F3N2O4/c1-16(15(24)25)7-9-22(11-16)10-14(23)21-8-6-12-2-4-13(5-3-12)26-17(18,19)20/h2-5H,6-11H2,1H3,(H,21,23)(H,24,25). The number of alkyl halides is 3. The van der Waals surface area contributed by atoms with Gasteiger partial charge < -0.3 is 15.2 Å². The molecule has 1 aromatic carbocycles. The normalized spacial score (nSPS) is 20.8. The van der Waals surface area contributed by atoms with E-state index in [1.54, 1.807) is 11.8 Å². The molecule has 26 heavy (non-hydrogen) atoms. The van der Waals surface area contributed by atoms with Crippen LogP contribution in [0.3, 0.4) is 0 Å². The third kappa shape index (κ3) is 5.91. The Morgan fingerprint density at radius 2 is 1.96 bits per heavy atom. The predicted octanol–water partition coefficient (Wildman–Crippen LogP) is 2.04. The molecule has 1 saturated heterocycles. The van der Waals surface area contributed by atoms with E-state index in [4.69, 9.17) is 0 Å². The van der Waals surface area contributed by atoms with Crippen LogP contribution in [0.2, 0.25) is 0 Å². The molecule has 144 valence electrons. The van der Waals surface area contributed by atoms with E-state index in [1.807, 2.05) is 0 Å². The minimum atomic E-state index is -4.72. The van der Waals surface area contributed by atoms with Crippen LogP contribution in [0.1, 0.15) is 18.9 Å². The van der Waals surface area contributed by atoms with Crippen LogP contribution in [0, 0.1) is 5.41 Å². The van der Waals surface area contributed by atoms with Crippen LogP contribution >= 0.6 is 0 Å². The number of carboxylic acids is 1. The lowest BCUT2D eigenvalue weighted by Gasteiger charge is -2.19. The van der Waals surface area contributed by atoms with E-state index < -0.39 is 17.7 Å². The van der Waals surface area contributed by atoms with E-state index in [1.165, 1.54) is 24.3 Å². The number of hydrogen-bond donors (Lipinski definition) is 2. The quantitative estimate of drug-likeness (QED) is 0.764. The molecule has 2 rings (SSSR count). The number of ether oxygens (including phenoxy) is 1. The summed E-state index contributed by atoms with van der Waals surface area (Å²) in [6.45, 7) is 3.01. The second-order valence-corrected chi connectivity index (χ2v) is 6.62. The molecule has 1 heterocycles. The molecule has 1 aliphatic heterocycles. The first kappa shape index (κ1) is 20.0. The average molecular weight is 374 g/mol. The Kier molecular flexibility index (Phi) is 6.12. The smallest absolute Gasteiger partial charge is 0.481 e. The van der Waals surface area contributed by atoms with Crippen LogP contribution in [0.5, 0.6) is 5.75 Å². The number of carbonyl (C=O) groups is 2. The summed E-state index contributed by atoms with van der Waals surface area (Å²) in [5.74, 6) is -1.36. The molecule has 1 aromatic rings. The zero-order valence-corrected chi connectivity index (χ0v) is 14.3. The monoisotopic (exact) mass is 374 g/mol. The molecule has 0 aromatic heterocycles. The number of amides is 1. The summed E-state index contributed by atoms with van der Waals surface area (Å²) in [6.07, 6.45) is -3.76. The highest BCUT2D eigenvalue weighted by Gasteiger charge is 2.40. The number of nitrogens with one attached hydrogen (secondary N) is 1. The van der Waals surface area contributed by atoms with Gasteiger partial charge in [0.05, 0.1) is 12.0 Å². The van der Waals surface area contributed by atoms with Gasteiger partial charge in [-0.05, 0) is 44.0 Å². The Labute approximate surface area is 148 Å². The number of aliphatic carboxylic acids is 1. The molecule has 1 fully saturated rings. The number of nitrogens with zero attached hydrogens (tertiary/aromatic N) is 1. The SMILES string of the molecule is CC1(C(=O)O)CCN(CC(=O)NCCc2ccc(OC(F)(F)F)cc2)C1. The van der Waals surface area contributed by atoms with Crippen molar-refractivity contribution in [3.05, 3.63) is 29.8 Å². The first-order valence-corrected chi connectivity index (χ1v) is 8.14. The molecular weight excluding hydrogens is 353 g/mol. The van der Waals surface area contributed by atoms with E-state index in [-0.39, 0.29) is 18.2 Å². The summed E-state index contributed by atoms with van der Waals surface area (Å²) in [5, 5.41) is 11.9. The number of halogens is 3. The number of carboxylic acid groups (broad SMARTS) is 1. The molecule has 1 amide bonds. The van der Waals surface area contributed by atoms with Crippen molar-refractivity contribution in [2.24, 2.45) is 5.41 Å². The summed E-state index contributed by atoms with van der Waals surface area (Å²) in [5.41, 5.74) is -0.0556. The van der Waals surface area contributed by atoms with Crippen molar-refractivity contribution in [1.29, 1.82) is 0 Å². The fourth-order valence-corrected chi connectivity index (χ4v) is 2.83. The molecule has 6 nitrogen and oxygen atoms in total. The second kappa shape index (κ2) is 7.94. The maximum atomic E-state index is 12.1. The number of hydrogen-bond acceptors (Lipinski definition) is 4. The van der Waals surface area contributed by atoms with Crippen molar-refractivity contribution >= 4 is 11.9 Å². The summed E-state index contributed by atoms with van der Waals surface area (Å²) in [4.78, 5) is 24.9. The topological polar surface area (TPSA) is 78.9 Å². The Bertz CT molecular complexity index is 648. The minimum Gasteiger partial charge on any atom is -0.481 e. The van der Waals surface area contributed by atoms with Crippen LogP contribution in [-0.2, 0) is 16.0 Å². The van der Waals surface area contributed by atoms with Crippen molar-refractivity contribution in [2.45, 2.75) is 26.1 Å². The van der Waals surface area contributed by atoms with Gasteiger partial charge in [-0.2, -0.15) is 0 Å².